The van der Waals surface area contributed by atoms with Gasteiger partial charge in [-0.2, -0.15) is 0 Å². The van der Waals surface area contributed by atoms with Gasteiger partial charge in [-0.15, -0.1) is 12.3 Å². The Balaban J connectivity index is 3.08. The van der Waals surface area contributed by atoms with Gasteiger partial charge in [0.1, 0.15) is 0 Å². The number of rotatable bonds is 2. The Bertz CT molecular complexity index is 138. The van der Waals surface area contributed by atoms with Gasteiger partial charge in [0.25, 0.3) is 0 Å². The molecule has 0 amide bonds. The quantitative estimate of drug-likeness (QED) is 0.387. The lowest BCUT2D eigenvalue weighted by Crippen LogP contribution is -1.66. The molecule has 0 aromatic carbocycles. The van der Waals surface area contributed by atoms with Gasteiger partial charge in [-0.1, -0.05) is 25.2 Å². The van der Waals surface area contributed by atoms with Gasteiger partial charge in [-0.3, -0.25) is 0 Å². The van der Waals surface area contributed by atoms with E-state index in [0.717, 1.165) is 6.42 Å². The summed E-state index contributed by atoms with van der Waals surface area (Å²) in [5.74, 6) is 8.35. The Morgan fingerprint density at radius 1 is 1.33 bits per heavy atom. The average Bonchev–Trinajstić information content (AvgIpc) is 1.89. The molecule has 0 heterocycles. The SMILES string of the molecule is C#CCC#CCCCC. The largest absolute Gasteiger partial charge is 0.119 e. The predicted octanol–water partition coefficient (Wildman–Crippen LogP) is 2.20. The number of terminal acetylenes is 1. The summed E-state index contributed by atoms with van der Waals surface area (Å²) in [5.41, 5.74) is 0. The van der Waals surface area contributed by atoms with Crippen molar-refractivity contribution in [2.24, 2.45) is 0 Å². The fraction of sp³-hybridized carbons (Fsp3) is 0.556. The summed E-state index contributed by atoms with van der Waals surface area (Å²) in [5, 5.41) is 0. The lowest BCUT2D eigenvalue weighted by atomic mass is 10.2. The van der Waals surface area contributed by atoms with Crippen LogP contribution in [0.15, 0.2) is 0 Å². The van der Waals surface area contributed by atoms with Crippen molar-refractivity contribution >= 4 is 0 Å². The summed E-state index contributed by atoms with van der Waals surface area (Å²) in [6, 6.07) is 0. The molecule has 0 aliphatic rings. The zero-order chi connectivity index (χ0) is 6.95. The van der Waals surface area contributed by atoms with Gasteiger partial charge in [0.2, 0.25) is 0 Å². The van der Waals surface area contributed by atoms with Crippen molar-refractivity contribution in [2.75, 3.05) is 0 Å². The minimum atomic E-state index is 0.601. The molecule has 0 heteroatoms. The number of unbranched alkanes of at least 4 members (excludes halogenated alkanes) is 2. The topological polar surface area (TPSA) is 0 Å². The summed E-state index contributed by atoms with van der Waals surface area (Å²) in [6.07, 6.45) is 8.99. The minimum Gasteiger partial charge on any atom is -0.119 e. The lowest BCUT2D eigenvalue weighted by Gasteiger charge is -1.81. The van der Waals surface area contributed by atoms with E-state index in [4.69, 9.17) is 6.42 Å². The number of hydrogen-bond donors (Lipinski definition) is 0. The molecule has 0 radical (unpaired) electrons. The molecule has 0 atom stereocenters. The van der Waals surface area contributed by atoms with Gasteiger partial charge in [-0.05, 0) is 6.42 Å². The summed E-state index contributed by atoms with van der Waals surface area (Å²) in [6.45, 7) is 2.16. The van der Waals surface area contributed by atoms with E-state index in [-0.39, 0.29) is 0 Å². The third-order valence-electron chi connectivity index (χ3n) is 0.971. The summed E-state index contributed by atoms with van der Waals surface area (Å²) in [7, 11) is 0. The molecule has 0 aliphatic heterocycles. The van der Waals surface area contributed by atoms with Crippen LogP contribution in [-0.2, 0) is 0 Å². The first-order chi connectivity index (χ1) is 4.41. The second kappa shape index (κ2) is 7.12. The normalized spacial score (nSPS) is 7.11. The molecule has 0 saturated carbocycles. The molecule has 48 valence electrons. The van der Waals surface area contributed by atoms with Crippen LogP contribution in [0.3, 0.4) is 0 Å². The standard InChI is InChI=1S/C9H12/c1-3-5-7-9-8-6-4-2/h1H,4-6,8H2,2H3. The van der Waals surface area contributed by atoms with E-state index in [2.05, 4.69) is 24.7 Å². The van der Waals surface area contributed by atoms with E-state index in [1.54, 1.807) is 0 Å². The number of hydrogen-bond acceptors (Lipinski definition) is 0. The average molecular weight is 120 g/mol. The summed E-state index contributed by atoms with van der Waals surface area (Å²) < 4.78 is 0. The second-order valence-corrected chi connectivity index (χ2v) is 1.84. The Hall–Kier alpha value is -0.880. The smallest absolute Gasteiger partial charge is 0.0700 e. The Morgan fingerprint density at radius 3 is 2.67 bits per heavy atom. The third kappa shape index (κ3) is 7.12. The van der Waals surface area contributed by atoms with Crippen LogP contribution in [0.5, 0.6) is 0 Å². The molecule has 0 nitrogen and oxygen atoms in total. The zero-order valence-corrected chi connectivity index (χ0v) is 5.91. The van der Waals surface area contributed by atoms with Crippen LogP contribution < -0.4 is 0 Å². The molecule has 0 saturated heterocycles. The van der Waals surface area contributed by atoms with Crippen molar-refractivity contribution < 1.29 is 0 Å². The third-order valence-corrected chi connectivity index (χ3v) is 0.971. The molecule has 0 aromatic rings. The molecule has 0 unspecified atom stereocenters. The first kappa shape index (κ1) is 8.12. The van der Waals surface area contributed by atoms with Crippen molar-refractivity contribution in [3.05, 3.63) is 0 Å². The maximum Gasteiger partial charge on any atom is 0.0700 e. The molecule has 0 aromatic heterocycles. The van der Waals surface area contributed by atoms with E-state index in [1.807, 2.05) is 0 Å². The van der Waals surface area contributed by atoms with Gasteiger partial charge in [-0.25, -0.2) is 0 Å². The molecular formula is C9H12. The van der Waals surface area contributed by atoms with Crippen LogP contribution in [0, 0.1) is 24.2 Å². The fourth-order valence-electron chi connectivity index (χ4n) is 0.467. The predicted molar refractivity (Wildman–Crippen MR) is 40.8 cm³/mol. The second-order valence-electron chi connectivity index (χ2n) is 1.84. The van der Waals surface area contributed by atoms with Gasteiger partial charge >= 0.3 is 0 Å². The van der Waals surface area contributed by atoms with Gasteiger partial charge < -0.3 is 0 Å². The van der Waals surface area contributed by atoms with Crippen LogP contribution in [0.1, 0.15) is 32.6 Å². The van der Waals surface area contributed by atoms with Crippen LogP contribution in [-0.4, -0.2) is 0 Å². The molecule has 9 heavy (non-hydrogen) atoms. The van der Waals surface area contributed by atoms with Crippen molar-refractivity contribution in [2.45, 2.75) is 32.6 Å². The molecule has 0 aliphatic carbocycles. The summed E-state index contributed by atoms with van der Waals surface area (Å²) >= 11 is 0. The fourth-order valence-corrected chi connectivity index (χ4v) is 0.467. The van der Waals surface area contributed by atoms with Gasteiger partial charge in [0, 0.05) is 6.42 Å². The van der Waals surface area contributed by atoms with E-state index < -0.39 is 0 Å². The van der Waals surface area contributed by atoms with Crippen LogP contribution in [0.2, 0.25) is 0 Å². The molecule has 0 N–H and O–H groups in total. The Kier molecular flexibility index (Phi) is 6.42. The highest BCUT2D eigenvalue weighted by molar-refractivity contribution is 5.07. The van der Waals surface area contributed by atoms with Crippen molar-refractivity contribution in [1.29, 1.82) is 0 Å². The van der Waals surface area contributed by atoms with Crippen molar-refractivity contribution in [3.8, 4) is 24.2 Å². The van der Waals surface area contributed by atoms with Crippen LogP contribution >= 0.6 is 0 Å². The molecule has 0 rings (SSSR count). The maximum atomic E-state index is 4.99. The maximum absolute atomic E-state index is 4.99. The van der Waals surface area contributed by atoms with E-state index in [1.165, 1.54) is 12.8 Å². The first-order valence-corrected chi connectivity index (χ1v) is 3.31. The van der Waals surface area contributed by atoms with Gasteiger partial charge in [0.05, 0.1) is 6.42 Å². The van der Waals surface area contributed by atoms with Crippen LogP contribution in [0.4, 0.5) is 0 Å². The molecule has 0 spiro atoms. The Labute approximate surface area is 57.7 Å². The van der Waals surface area contributed by atoms with E-state index in [0.29, 0.717) is 6.42 Å². The zero-order valence-electron chi connectivity index (χ0n) is 5.91. The molecule has 0 fully saturated rings. The van der Waals surface area contributed by atoms with E-state index in [9.17, 15) is 0 Å². The summed E-state index contributed by atoms with van der Waals surface area (Å²) in [4.78, 5) is 0. The minimum absolute atomic E-state index is 0.601. The van der Waals surface area contributed by atoms with Crippen molar-refractivity contribution in [3.63, 3.8) is 0 Å². The highest BCUT2D eigenvalue weighted by Crippen LogP contribution is 1.90. The van der Waals surface area contributed by atoms with Gasteiger partial charge in [0.15, 0.2) is 0 Å². The lowest BCUT2D eigenvalue weighted by molar-refractivity contribution is 0.828. The highest BCUT2D eigenvalue weighted by Gasteiger charge is 1.74. The monoisotopic (exact) mass is 120 g/mol. The highest BCUT2D eigenvalue weighted by atomic mass is 13.8. The molecule has 0 bridgehead atoms. The van der Waals surface area contributed by atoms with E-state index >= 15 is 0 Å². The van der Waals surface area contributed by atoms with Crippen molar-refractivity contribution in [1.82, 2.24) is 0 Å². The first-order valence-electron chi connectivity index (χ1n) is 3.31. The molecular weight excluding hydrogens is 108 g/mol. The van der Waals surface area contributed by atoms with Crippen LogP contribution in [0.25, 0.3) is 0 Å². The Morgan fingerprint density at radius 2 is 2.11 bits per heavy atom.